The summed E-state index contributed by atoms with van der Waals surface area (Å²) in [7, 11) is -3.77. The molecule has 1 amide bonds. The Bertz CT molecular complexity index is 1310. The van der Waals surface area contributed by atoms with Crippen molar-refractivity contribution in [2.24, 2.45) is 0 Å². The highest BCUT2D eigenvalue weighted by atomic mass is 32.2. The van der Waals surface area contributed by atoms with Gasteiger partial charge in [-0.3, -0.25) is 9.59 Å². The second kappa shape index (κ2) is 8.84. The Morgan fingerprint density at radius 2 is 1.79 bits per heavy atom. The third kappa shape index (κ3) is 4.29. The van der Waals surface area contributed by atoms with E-state index in [2.05, 4.69) is 5.10 Å². The van der Waals surface area contributed by atoms with Gasteiger partial charge in [0.1, 0.15) is 31.4 Å². The number of benzene rings is 1. The third-order valence-electron chi connectivity index (χ3n) is 5.78. The van der Waals surface area contributed by atoms with Gasteiger partial charge in [-0.05, 0) is 31.5 Å². The number of nitrogens with zero attached hydrogens (tertiary/aromatic N) is 5. The Morgan fingerprint density at radius 3 is 2.45 bits per heavy atom. The standard InChI is InChI=1S/C21H23N5O6S/c1-14-15(2)23-26(21(28)17(14)12-22)13-20(27)24-5-7-25(8-6-24)33(29,30)16-3-4-18-19(11-16)32-10-9-31-18/h3-4,11H,5-10,13H2,1-2H3. The maximum Gasteiger partial charge on any atom is 0.285 e. The molecular weight excluding hydrogens is 450 g/mol. The molecule has 1 aromatic heterocycles. The maximum atomic E-state index is 13.1. The minimum Gasteiger partial charge on any atom is -0.486 e. The van der Waals surface area contributed by atoms with E-state index in [-0.39, 0.29) is 49.1 Å². The zero-order valence-electron chi connectivity index (χ0n) is 18.3. The van der Waals surface area contributed by atoms with E-state index in [1.54, 1.807) is 19.9 Å². The number of hydrogen-bond donors (Lipinski definition) is 0. The Kier molecular flexibility index (Phi) is 6.09. The summed E-state index contributed by atoms with van der Waals surface area (Å²) in [6, 6.07) is 6.37. The average molecular weight is 474 g/mol. The SMILES string of the molecule is Cc1nn(CC(=O)N2CCN(S(=O)(=O)c3ccc4c(c3)OCCO4)CC2)c(=O)c(C#N)c1C. The molecule has 1 aromatic carbocycles. The molecule has 11 nitrogen and oxygen atoms in total. The van der Waals surface area contributed by atoms with Gasteiger partial charge in [-0.25, -0.2) is 13.1 Å². The van der Waals surface area contributed by atoms with Crippen molar-refractivity contribution in [3.63, 3.8) is 0 Å². The summed E-state index contributed by atoms with van der Waals surface area (Å²) in [5.74, 6) is 0.526. The van der Waals surface area contributed by atoms with Crippen molar-refractivity contribution < 1.29 is 22.7 Å². The number of sulfonamides is 1. The van der Waals surface area contributed by atoms with E-state index in [0.29, 0.717) is 36.0 Å². The first kappa shape index (κ1) is 22.8. The lowest BCUT2D eigenvalue weighted by Gasteiger charge is -2.34. The molecule has 33 heavy (non-hydrogen) atoms. The van der Waals surface area contributed by atoms with E-state index < -0.39 is 15.6 Å². The number of carbonyl (C=O) groups is 1. The molecule has 0 saturated carbocycles. The van der Waals surface area contributed by atoms with E-state index in [1.165, 1.54) is 21.3 Å². The molecule has 2 aliphatic heterocycles. The predicted octanol–water partition coefficient (Wildman–Crippen LogP) is 0.0361. The molecule has 3 heterocycles. The average Bonchev–Trinajstić information content (AvgIpc) is 2.82. The van der Waals surface area contributed by atoms with Gasteiger partial charge in [-0.15, -0.1) is 0 Å². The van der Waals surface area contributed by atoms with Gasteiger partial charge in [0, 0.05) is 32.2 Å². The second-order valence-electron chi connectivity index (χ2n) is 7.75. The highest BCUT2D eigenvalue weighted by Crippen LogP contribution is 2.33. The summed E-state index contributed by atoms with van der Waals surface area (Å²) in [4.78, 5) is 26.8. The molecule has 174 valence electrons. The molecule has 2 aromatic rings. The first-order valence-corrected chi connectivity index (χ1v) is 11.8. The van der Waals surface area contributed by atoms with Crippen molar-refractivity contribution in [2.75, 3.05) is 39.4 Å². The highest BCUT2D eigenvalue weighted by Gasteiger charge is 2.31. The number of fused-ring (bicyclic) bond motifs is 1. The molecule has 2 aliphatic rings. The van der Waals surface area contributed by atoms with Crippen LogP contribution in [0.1, 0.15) is 16.8 Å². The topological polar surface area (TPSA) is 135 Å². The number of carbonyl (C=O) groups excluding carboxylic acids is 1. The summed E-state index contributed by atoms with van der Waals surface area (Å²) in [6.45, 7) is 4.32. The van der Waals surface area contributed by atoms with Gasteiger partial charge < -0.3 is 14.4 Å². The van der Waals surface area contributed by atoms with Crippen molar-refractivity contribution in [3.8, 4) is 17.6 Å². The first-order valence-electron chi connectivity index (χ1n) is 10.4. The minimum absolute atomic E-state index is 0.0364. The van der Waals surface area contributed by atoms with Crippen LogP contribution in [0.15, 0.2) is 27.9 Å². The molecule has 0 spiro atoms. The van der Waals surface area contributed by atoms with Crippen LogP contribution in [0.2, 0.25) is 0 Å². The van der Waals surface area contributed by atoms with E-state index in [1.807, 2.05) is 6.07 Å². The smallest absolute Gasteiger partial charge is 0.285 e. The Labute approximate surface area is 190 Å². The van der Waals surface area contributed by atoms with Crippen molar-refractivity contribution in [2.45, 2.75) is 25.3 Å². The lowest BCUT2D eigenvalue weighted by molar-refractivity contribution is -0.133. The van der Waals surface area contributed by atoms with E-state index >= 15 is 0 Å². The molecule has 0 unspecified atom stereocenters. The lowest BCUT2D eigenvalue weighted by Crippen LogP contribution is -2.51. The quantitative estimate of drug-likeness (QED) is 0.607. The molecule has 0 aliphatic carbocycles. The molecule has 0 N–H and O–H groups in total. The maximum absolute atomic E-state index is 13.1. The van der Waals surface area contributed by atoms with Crippen LogP contribution in [0.3, 0.4) is 0 Å². The number of aryl methyl sites for hydroxylation is 1. The Morgan fingerprint density at radius 1 is 1.12 bits per heavy atom. The monoisotopic (exact) mass is 473 g/mol. The van der Waals surface area contributed by atoms with Gasteiger partial charge in [0.25, 0.3) is 5.56 Å². The van der Waals surface area contributed by atoms with Gasteiger partial charge in [-0.1, -0.05) is 0 Å². The third-order valence-corrected chi connectivity index (χ3v) is 7.67. The van der Waals surface area contributed by atoms with Crippen LogP contribution in [0.25, 0.3) is 0 Å². The molecule has 0 radical (unpaired) electrons. The van der Waals surface area contributed by atoms with Crippen molar-refractivity contribution in [3.05, 3.63) is 45.4 Å². The van der Waals surface area contributed by atoms with Crippen molar-refractivity contribution in [1.82, 2.24) is 19.0 Å². The summed E-state index contributed by atoms with van der Waals surface area (Å²) in [5, 5.41) is 13.4. The summed E-state index contributed by atoms with van der Waals surface area (Å²) in [6.07, 6.45) is 0. The van der Waals surface area contributed by atoms with Crippen LogP contribution in [0, 0.1) is 25.2 Å². The Balaban J connectivity index is 1.44. The fourth-order valence-corrected chi connectivity index (χ4v) is 5.19. The summed E-state index contributed by atoms with van der Waals surface area (Å²) >= 11 is 0. The number of ether oxygens (including phenoxy) is 2. The van der Waals surface area contributed by atoms with Crippen LogP contribution in [0.5, 0.6) is 11.5 Å². The van der Waals surface area contributed by atoms with Gasteiger partial charge in [0.15, 0.2) is 11.5 Å². The molecular formula is C21H23N5O6S. The zero-order chi connectivity index (χ0) is 23.8. The number of piperazine rings is 1. The molecule has 0 atom stereocenters. The van der Waals surface area contributed by atoms with Gasteiger partial charge in [0.05, 0.1) is 10.6 Å². The largest absolute Gasteiger partial charge is 0.486 e. The predicted molar refractivity (Wildman–Crippen MR) is 115 cm³/mol. The molecule has 1 fully saturated rings. The van der Waals surface area contributed by atoms with Crippen LogP contribution >= 0.6 is 0 Å². The molecule has 4 rings (SSSR count). The number of nitriles is 1. The summed E-state index contributed by atoms with van der Waals surface area (Å²) in [5.41, 5.74) is 0.331. The van der Waals surface area contributed by atoms with Gasteiger partial charge in [0.2, 0.25) is 15.9 Å². The number of hydrogen-bond acceptors (Lipinski definition) is 8. The normalized spacial score (nSPS) is 16.3. The van der Waals surface area contributed by atoms with E-state index in [0.717, 1.165) is 4.68 Å². The van der Waals surface area contributed by atoms with Crippen LogP contribution in [-0.2, 0) is 21.4 Å². The van der Waals surface area contributed by atoms with Crippen molar-refractivity contribution in [1.29, 1.82) is 5.26 Å². The number of rotatable bonds is 4. The second-order valence-corrected chi connectivity index (χ2v) is 9.69. The highest BCUT2D eigenvalue weighted by molar-refractivity contribution is 7.89. The van der Waals surface area contributed by atoms with Crippen LogP contribution < -0.4 is 15.0 Å². The fourth-order valence-electron chi connectivity index (χ4n) is 3.75. The van der Waals surface area contributed by atoms with Gasteiger partial charge >= 0.3 is 0 Å². The Hall–Kier alpha value is -3.43. The van der Waals surface area contributed by atoms with Crippen LogP contribution in [-0.4, -0.2) is 72.7 Å². The summed E-state index contributed by atoms with van der Waals surface area (Å²) < 4.78 is 39.4. The lowest BCUT2D eigenvalue weighted by atomic mass is 10.1. The first-order chi connectivity index (χ1) is 15.7. The van der Waals surface area contributed by atoms with E-state index in [9.17, 15) is 23.3 Å². The van der Waals surface area contributed by atoms with Crippen molar-refractivity contribution >= 4 is 15.9 Å². The molecule has 0 bridgehead atoms. The van der Waals surface area contributed by atoms with Gasteiger partial charge in [-0.2, -0.15) is 14.7 Å². The number of amides is 1. The fraction of sp³-hybridized carbons (Fsp3) is 0.429. The van der Waals surface area contributed by atoms with Crippen LogP contribution in [0.4, 0.5) is 0 Å². The number of aromatic nitrogens is 2. The van der Waals surface area contributed by atoms with E-state index in [4.69, 9.17) is 9.47 Å². The zero-order valence-corrected chi connectivity index (χ0v) is 19.1. The molecule has 12 heteroatoms. The molecule has 1 saturated heterocycles. The minimum atomic E-state index is -3.77.